The lowest BCUT2D eigenvalue weighted by molar-refractivity contribution is -0.132. The number of pyridine rings is 1. The minimum Gasteiger partial charge on any atom is -0.299 e. The van der Waals surface area contributed by atoms with Crippen molar-refractivity contribution in [3.8, 4) is 0 Å². The van der Waals surface area contributed by atoms with E-state index in [-0.39, 0.29) is 22.4 Å². The van der Waals surface area contributed by atoms with Gasteiger partial charge in [-0.2, -0.15) is 0 Å². The molecule has 4 aliphatic rings. The van der Waals surface area contributed by atoms with Gasteiger partial charge in [-0.05, 0) is 79.9 Å². The van der Waals surface area contributed by atoms with Crippen molar-refractivity contribution < 1.29 is 14.4 Å². The number of carbonyl (C=O) groups is 3. The van der Waals surface area contributed by atoms with Crippen LogP contribution >= 0.6 is 0 Å². The molecule has 1 aromatic heterocycles. The van der Waals surface area contributed by atoms with Crippen molar-refractivity contribution in [2.45, 2.75) is 58.8 Å². The Morgan fingerprint density at radius 3 is 2.48 bits per heavy atom. The van der Waals surface area contributed by atoms with E-state index in [9.17, 15) is 14.4 Å². The fraction of sp³-hybridized carbons (Fsp3) is 0.600. The van der Waals surface area contributed by atoms with E-state index in [4.69, 9.17) is 0 Å². The highest BCUT2D eigenvalue weighted by Crippen LogP contribution is 2.64. The average molecular weight is 392 g/mol. The molecule has 0 saturated heterocycles. The van der Waals surface area contributed by atoms with Gasteiger partial charge in [0.1, 0.15) is 5.78 Å². The zero-order valence-corrected chi connectivity index (χ0v) is 17.3. The second-order valence-corrected chi connectivity index (χ2v) is 10.2. The summed E-state index contributed by atoms with van der Waals surface area (Å²) in [4.78, 5) is 42.6. The Balaban J connectivity index is 1.48. The van der Waals surface area contributed by atoms with E-state index in [2.05, 4.69) is 18.8 Å². The first-order valence-corrected chi connectivity index (χ1v) is 11.1. The van der Waals surface area contributed by atoms with E-state index in [0.29, 0.717) is 35.5 Å². The standard InChI is InChI=1S/C25H29NO3/c1-24-10-7-20-17(19(24)5-6-22(24)28)4-3-16-13-21(27)18(14-25(16,20)2)23(29)15-8-11-26-12-9-15/h8-9,11-13,17-20H,3-7,10,14H2,1-2H3. The second kappa shape index (κ2) is 6.45. The van der Waals surface area contributed by atoms with Crippen LogP contribution in [0.4, 0.5) is 0 Å². The third-order valence-electron chi connectivity index (χ3n) is 9.01. The molecule has 4 nitrogen and oxygen atoms in total. The van der Waals surface area contributed by atoms with Gasteiger partial charge in [0.25, 0.3) is 0 Å². The third-order valence-corrected chi connectivity index (χ3v) is 9.01. The zero-order valence-electron chi connectivity index (χ0n) is 17.3. The van der Waals surface area contributed by atoms with Crippen molar-refractivity contribution in [2.24, 2.45) is 34.5 Å². The highest BCUT2D eigenvalue weighted by Gasteiger charge is 2.60. The Kier molecular flexibility index (Phi) is 4.20. The van der Waals surface area contributed by atoms with Crippen molar-refractivity contribution >= 4 is 17.3 Å². The molecule has 1 heterocycles. The summed E-state index contributed by atoms with van der Waals surface area (Å²) in [6.45, 7) is 4.48. The molecule has 0 amide bonds. The third kappa shape index (κ3) is 2.64. The zero-order chi connectivity index (χ0) is 20.4. The molecule has 6 atom stereocenters. The average Bonchev–Trinajstić information content (AvgIpc) is 3.03. The van der Waals surface area contributed by atoms with Crippen LogP contribution in [0.2, 0.25) is 0 Å². The maximum Gasteiger partial charge on any atom is 0.173 e. The minimum absolute atomic E-state index is 0.0329. The first kappa shape index (κ1) is 18.9. The van der Waals surface area contributed by atoms with Gasteiger partial charge in [0.15, 0.2) is 11.6 Å². The van der Waals surface area contributed by atoms with Gasteiger partial charge < -0.3 is 0 Å². The van der Waals surface area contributed by atoms with Crippen LogP contribution in [0.3, 0.4) is 0 Å². The lowest BCUT2D eigenvalue weighted by atomic mass is 9.46. The van der Waals surface area contributed by atoms with E-state index in [1.165, 1.54) is 5.57 Å². The number of allylic oxidation sites excluding steroid dienone is 1. The van der Waals surface area contributed by atoms with Gasteiger partial charge >= 0.3 is 0 Å². The molecule has 0 aromatic carbocycles. The van der Waals surface area contributed by atoms with Crippen molar-refractivity contribution in [1.82, 2.24) is 4.98 Å². The number of hydrogen-bond acceptors (Lipinski definition) is 4. The predicted molar refractivity (Wildman–Crippen MR) is 109 cm³/mol. The van der Waals surface area contributed by atoms with Gasteiger partial charge in [0.05, 0.1) is 5.92 Å². The van der Waals surface area contributed by atoms with E-state index < -0.39 is 5.92 Å². The van der Waals surface area contributed by atoms with Crippen LogP contribution in [0.1, 0.15) is 69.2 Å². The van der Waals surface area contributed by atoms with E-state index >= 15 is 0 Å². The Morgan fingerprint density at radius 2 is 1.72 bits per heavy atom. The Hall–Kier alpha value is -2.10. The summed E-state index contributed by atoms with van der Waals surface area (Å²) < 4.78 is 0. The molecule has 4 heteroatoms. The molecule has 6 unspecified atom stereocenters. The molecule has 1 aromatic rings. The molecule has 4 aliphatic carbocycles. The van der Waals surface area contributed by atoms with E-state index in [1.54, 1.807) is 30.6 Å². The highest BCUT2D eigenvalue weighted by molar-refractivity contribution is 6.14. The van der Waals surface area contributed by atoms with Crippen LogP contribution in [0.25, 0.3) is 0 Å². The second-order valence-electron chi connectivity index (χ2n) is 10.2. The van der Waals surface area contributed by atoms with Crippen molar-refractivity contribution in [2.75, 3.05) is 0 Å². The molecular weight excluding hydrogens is 362 g/mol. The lowest BCUT2D eigenvalue weighted by Gasteiger charge is -2.57. The lowest BCUT2D eigenvalue weighted by Crippen LogP contribution is -2.52. The molecule has 152 valence electrons. The molecule has 0 radical (unpaired) electrons. The minimum atomic E-state index is -0.594. The Morgan fingerprint density at radius 1 is 1.00 bits per heavy atom. The number of fused-ring (bicyclic) bond motifs is 5. The molecule has 29 heavy (non-hydrogen) atoms. The van der Waals surface area contributed by atoms with Gasteiger partial charge in [0.2, 0.25) is 0 Å². The molecule has 5 rings (SSSR count). The number of carbonyl (C=O) groups excluding carboxylic acids is 3. The molecule has 3 saturated carbocycles. The summed E-state index contributed by atoms with van der Waals surface area (Å²) in [6, 6.07) is 3.41. The molecular formula is C25H29NO3. The van der Waals surface area contributed by atoms with Crippen molar-refractivity contribution in [3.05, 3.63) is 41.7 Å². The normalized spacial score (nSPS) is 41.2. The van der Waals surface area contributed by atoms with Gasteiger partial charge in [-0.25, -0.2) is 0 Å². The Bertz CT molecular complexity index is 919. The SMILES string of the molecule is CC12CCC3C(CCC4=CC(=O)C(C(=O)c5ccncc5)CC43C)C1CCC2=O. The summed E-state index contributed by atoms with van der Waals surface area (Å²) in [5, 5.41) is 0. The summed E-state index contributed by atoms with van der Waals surface area (Å²) in [6.07, 6.45) is 11.4. The van der Waals surface area contributed by atoms with Crippen LogP contribution < -0.4 is 0 Å². The van der Waals surface area contributed by atoms with Gasteiger partial charge in [0, 0.05) is 29.8 Å². The molecule has 0 aliphatic heterocycles. The van der Waals surface area contributed by atoms with Crippen LogP contribution in [0.5, 0.6) is 0 Å². The quantitative estimate of drug-likeness (QED) is 0.546. The molecule has 0 N–H and O–H groups in total. The maximum absolute atomic E-state index is 13.1. The summed E-state index contributed by atoms with van der Waals surface area (Å²) in [5.41, 5.74) is 1.56. The van der Waals surface area contributed by atoms with Crippen LogP contribution in [0, 0.1) is 34.5 Å². The van der Waals surface area contributed by atoms with E-state index in [1.807, 2.05) is 0 Å². The molecule has 3 fully saturated rings. The van der Waals surface area contributed by atoms with Crippen LogP contribution in [-0.4, -0.2) is 22.3 Å². The largest absolute Gasteiger partial charge is 0.299 e. The monoisotopic (exact) mass is 391 g/mol. The summed E-state index contributed by atoms with van der Waals surface area (Å²) >= 11 is 0. The number of ketones is 3. The van der Waals surface area contributed by atoms with Gasteiger partial charge in [-0.1, -0.05) is 19.4 Å². The highest BCUT2D eigenvalue weighted by atomic mass is 16.2. The van der Waals surface area contributed by atoms with Crippen LogP contribution in [0.15, 0.2) is 36.2 Å². The summed E-state index contributed by atoms with van der Waals surface area (Å²) in [7, 11) is 0. The first-order chi connectivity index (χ1) is 13.8. The predicted octanol–water partition coefficient (Wildman–Crippen LogP) is 4.59. The summed E-state index contributed by atoms with van der Waals surface area (Å²) in [5.74, 6) is 1.22. The van der Waals surface area contributed by atoms with Crippen molar-refractivity contribution in [3.63, 3.8) is 0 Å². The smallest absolute Gasteiger partial charge is 0.173 e. The maximum atomic E-state index is 13.1. The Labute approximate surface area is 172 Å². The topological polar surface area (TPSA) is 64.1 Å². The number of hydrogen-bond donors (Lipinski definition) is 0. The van der Waals surface area contributed by atoms with Crippen LogP contribution in [-0.2, 0) is 9.59 Å². The van der Waals surface area contributed by atoms with Gasteiger partial charge in [-0.3, -0.25) is 19.4 Å². The van der Waals surface area contributed by atoms with Crippen molar-refractivity contribution in [1.29, 1.82) is 0 Å². The molecule has 0 bridgehead atoms. The fourth-order valence-corrected chi connectivity index (χ4v) is 7.35. The first-order valence-electron chi connectivity index (χ1n) is 11.1. The van der Waals surface area contributed by atoms with E-state index in [0.717, 1.165) is 38.5 Å². The number of nitrogens with zero attached hydrogens (tertiary/aromatic N) is 1. The number of aromatic nitrogens is 1. The molecule has 0 spiro atoms. The fourth-order valence-electron chi connectivity index (χ4n) is 7.35. The number of Topliss-reactive ketones (excluding diaryl/α,β-unsaturated/α-hetero) is 2. The number of rotatable bonds is 2. The van der Waals surface area contributed by atoms with Gasteiger partial charge in [-0.15, -0.1) is 0 Å².